The molecule has 80 valence electrons. The predicted molar refractivity (Wildman–Crippen MR) is 60.5 cm³/mol. The summed E-state index contributed by atoms with van der Waals surface area (Å²) in [4.78, 5) is 12.1. The van der Waals surface area contributed by atoms with Crippen LogP contribution in [0.2, 0.25) is 5.02 Å². The minimum atomic E-state index is -1.16. The molecule has 0 saturated carbocycles. The number of rotatable bonds is 0. The van der Waals surface area contributed by atoms with Gasteiger partial charge in [0.15, 0.2) is 0 Å². The lowest BCUT2D eigenvalue weighted by Gasteiger charge is -2.05. The highest BCUT2D eigenvalue weighted by Gasteiger charge is 2.24. The van der Waals surface area contributed by atoms with Crippen molar-refractivity contribution in [1.29, 1.82) is 0 Å². The molecule has 0 saturated heterocycles. The summed E-state index contributed by atoms with van der Waals surface area (Å²) in [6, 6.07) is 5.00. The molecular formula is C10H10ClNO2S. The Balaban J connectivity index is 2.51. The van der Waals surface area contributed by atoms with Crippen LogP contribution in [0.4, 0.5) is 5.69 Å². The van der Waals surface area contributed by atoms with Crippen LogP contribution in [-0.4, -0.2) is 15.9 Å². The predicted octanol–water partition coefficient (Wildman–Crippen LogP) is 2.04. The summed E-state index contributed by atoms with van der Waals surface area (Å²) in [5.41, 5.74) is 0.604. The maximum Gasteiger partial charge on any atom is 0.228 e. The van der Waals surface area contributed by atoms with Crippen LogP contribution in [0.25, 0.3) is 0 Å². The SMILES string of the molecule is CC1CS(=O)c2cc(Cl)ccc2NC1=O. The van der Waals surface area contributed by atoms with Gasteiger partial charge in [-0.25, -0.2) is 0 Å². The van der Waals surface area contributed by atoms with E-state index in [1.165, 1.54) is 0 Å². The fraction of sp³-hybridized carbons (Fsp3) is 0.300. The number of fused-ring (bicyclic) bond motifs is 1. The molecular weight excluding hydrogens is 234 g/mol. The van der Waals surface area contributed by atoms with Gasteiger partial charge in [-0.05, 0) is 18.2 Å². The number of hydrogen-bond donors (Lipinski definition) is 1. The number of nitrogens with one attached hydrogen (secondary N) is 1. The first kappa shape index (κ1) is 10.6. The first-order chi connectivity index (χ1) is 7.08. The molecule has 5 heteroatoms. The van der Waals surface area contributed by atoms with Gasteiger partial charge in [-0.1, -0.05) is 18.5 Å². The smallest absolute Gasteiger partial charge is 0.228 e. The van der Waals surface area contributed by atoms with Gasteiger partial charge >= 0.3 is 0 Å². The van der Waals surface area contributed by atoms with Crippen LogP contribution in [0, 0.1) is 5.92 Å². The average molecular weight is 244 g/mol. The Bertz CT molecular complexity index is 447. The zero-order valence-corrected chi connectivity index (χ0v) is 9.69. The molecule has 1 N–H and O–H groups in total. The quantitative estimate of drug-likeness (QED) is 0.758. The molecule has 1 aromatic rings. The molecule has 1 aliphatic heterocycles. The zero-order valence-electron chi connectivity index (χ0n) is 8.12. The van der Waals surface area contributed by atoms with E-state index in [1.807, 2.05) is 0 Å². The van der Waals surface area contributed by atoms with Crippen LogP contribution in [0.3, 0.4) is 0 Å². The second-order valence-corrected chi connectivity index (χ2v) is 5.44. The Morgan fingerprint density at radius 2 is 2.27 bits per heavy atom. The van der Waals surface area contributed by atoms with Crippen LogP contribution in [0.15, 0.2) is 23.1 Å². The third kappa shape index (κ3) is 2.06. The van der Waals surface area contributed by atoms with Crippen molar-refractivity contribution in [2.24, 2.45) is 5.92 Å². The number of hydrogen-bond acceptors (Lipinski definition) is 2. The molecule has 1 heterocycles. The standard InChI is InChI=1S/C10H10ClNO2S/c1-6-5-15(14)9-4-7(11)2-3-8(9)12-10(6)13/h2-4,6H,5H2,1H3,(H,12,13). The minimum Gasteiger partial charge on any atom is -0.325 e. The van der Waals surface area contributed by atoms with Crippen molar-refractivity contribution in [3.05, 3.63) is 23.2 Å². The average Bonchev–Trinajstić information content (AvgIpc) is 2.28. The fourth-order valence-corrected chi connectivity index (χ4v) is 3.08. The molecule has 0 fully saturated rings. The van der Waals surface area contributed by atoms with E-state index in [4.69, 9.17) is 11.6 Å². The summed E-state index contributed by atoms with van der Waals surface area (Å²) in [5, 5.41) is 3.27. The largest absolute Gasteiger partial charge is 0.325 e. The molecule has 1 amide bonds. The van der Waals surface area contributed by atoms with Gasteiger partial charge in [-0.15, -0.1) is 0 Å². The highest BCUT2D eigenvalue weighted by Crippen LogP contribution is 2.27. The molecule has 15 heavy (non-hydrogen) atoms. The van der Waals surface area contributed by atoms with Gasteiger partial charge in [-0.2, -0.15) is 0 Å². The van der Waals surface area contributed by atoms with E-state index >= 15 is 0 Å². The van der Waals surface area contributed by atoms with Crippen molar-refractivity contribution >= 4 is 34.0 Å². The lowest BCUT2D eigenvalue weighted by Crippen LogP contribution is -2.21. The van der Waals surface area contributed by atoms with E-state index in [0.29, 0.717) is 21.4 Å². The Labute approximate surface area is 95.3 Å². The molecule has 0 spiro atoms. The Kier molecular flexibility index (Phi) is 2.80. The second kappa shape index (κ2) is 3.94. The van der Waals surface area contributed by atoms with Crippen molar-refractivity contribution in [2.75, 3.05) is 11.1 Å². The van der Waals surface area contributed by atoms with Gasteiger partial charge in [-0.3, -0.25) is 9.00 Å². The van der Waals surface area contributed by atoms with Crippen LogP contribution < -0.4 is 5.32 Å². The van der Waals surface area contributed by atoms with Crippen LogP contribution in [0.1, 0.15) is 6.92 Å². The van der Waals surface area contributed by atoms with Crippen molar-refractivity contribution < 1.29 is 9.00 Å². The van der Waals surface area contributed by atoms with Gasteiger partial charge < -0.3 is 5.32 Å². The summed E-state index contributed by atoms with van der Waals surface area (Å²) in [6.45, 7) is 1.76. The molecule has 3 nitrogen and oxygen atoms in total. The van der Waals surface area contributed by atoms with Gasteiger partial charge in [0.1, 0.15) is 0 Å². The molecule has 2 rings (SSSR count). The van der Waals surface area contributed by atoms with Gasteiger partial charge in [0, 0.05) is 16.7 Å². The monoisotopic (exact) mass is 243 g/mol. The topological polar surface area (TPSA) is 46.2 Å². The highest BCUT2D eigenvalue weighted by atomic mass is 35.5. The van der Waals surface area contributed by atoms with E-state index in [1.54, 1.807) is 25.1 Å². The number of carbonyl (C=O) groups is 1. The first-order valence-electron chi connectivity index (χ1n) is 4.56. The molecule has 2 unspecified atom stereocenters. The van der Waals surface area contributed by atoms with E-state index < -0.39 is 10.8 Å². The third-order valence-electron chi connectivity index (χ3n) is 2.30. The summed E-state index contributed by atoms with van der Waals surface area (Å²) in [5.74, 6) is 0.0144. The number of amides is 1. The Hall–Kier alpha value is -0.870. The summed E-state index contributed by atoms with van der Waals surface area (Å²) in [7, 11) is -1.16. The number of anilines is 1. The number of halogens is 1. The van der Waals surface area contributed by atoms with Crippen molar-refractivity contribution in [3.63, 3.8) is 0 Å². The van der Waals surface area contributed by atoms with Gasteiger partial charge in [0.05, 0.1) is 21.4 Å². The summed E-state index contributed by atoms with van der Waals surface area (Å²) in [6.07, 6.45) is 0. The Morgan fingerprint density at radius 1 is 1.53 bits per heavy atom. The summed E-state index contributed by atoms with van der Waals surface area (Å²) >= 11 is 5.82. The van der Waals surface area contributed by atoms with E-state index in [-0.39, 0.29) is 11.8 Å². The molecule has 0 aromatic heterocycles. The van der Waals surface area contributed by atoms with Crippen LogP contribution >= 0.6 is 11.6 Å². The number of carbonyl (C=O) groups excluding carboxylic acids is 1. The zero-order chi connectivity index (χ0) is 11.0. The lowest BCUT2D eigenvalue weighted by molar-refractivity contribution is -0.118. The maximum absolute atomic E-state index is 11.9. The molecule has 1 aromatic carbocycles. The molecule has 2 atom stereocenters. The Morgan fingerprint density at radius 3 is 3.00 bits per heavy atom. The van der Waals surface area contributed by atoms with E-state index in [0.717, 1.165) is 0 Å². The van der Waals surface area contributed by atoms with Crippen LogP contribution in [-0.2, 0) is 15.6 Å². The van der Waals surface area contributed by atoms with Crippen molar-refractivity contribution in [3.8, 4) is 0 Å². The lowest BCUT2D eigenvalue weighted by atomic mass is 10.2. The molecule has 0 aliphatic carbocycles. The molecule has 0 radical (unpaired) electrons. The minimum absolute atomic E-state index is 0.0931. The van der Waals surface area contributed by atoms with E-state index in [9.17, 15) is 9.00 Å². The van der Waals surface area contributed by atoms with E-state index in [2.05, 4.69) is 5.32 Å². The molecule has 0 bridgehead atoms. The first-order valence-corrected chi connectivity index (χ1v) is 6.26. The maximum atomic E-state index is 11.9. The van der Waals surface area contributed by atoms with Gasteiger partial charge in [0.2, 0.25) is 5.91 Å². The van der Waals surface area contributed by atoms with Crippen molar-refractivity contribution in [2.45, 2.75) is 11.8 Å². The fourth-order valence-electron chi connectivity index (χ4n) is 1.44. The molecule has 1 aliphatic rings. The number of benzene rings is 1. The highest BCUT2D eigenvalue weighted by molar-refractivity contribution is 7.85. The third-order valence-corrected chi connectivity index (χ3v) is 4.16. The normalized spacial score (nSPS) is 25.3. The van der Waals surface area contributed by atoms with Crippen LogP contribution in [0.5, 0.6) is 0 Å². The van der Waals surface area contributed by atoms with Gasteiger partial charge in [0.25, 0.3) is 0 Å². The second-order valence-electron chi connectivity index (χ2n) is 3.54. The van der Waals surface area contributed by atoms with Crippen molar-refractivity contribution in [1.82, 2.24) is 0 Å². The summed E-state index contributed by atoms with van der Waals surface area (Å²) < 4.78 is 11.9.